The van der Waals surface area contributed by atoms with Crippen LogP contribution in [0.4, 0.5) is 0 Å². The van der Waals surface area contributed by atoms with Gasteiger partial charge in [-0.15, -0.1) is 0 Å². The number of piperidine rings is 1. The third-order valence-corrected chi connectivity index (χ3v) is 2.99. The van der Waals surface area contributed by atoms with E-state index in [1.807, 2.05) is 0 Å². The van der Waals surface area contributed by atoms with Crippen LogP contribution in [0.1, 0.15) is 20.3 Å². The van der Waals surface area contributed by atoms with Gasteiger partial charge in [-0.05, 0) is 30.8 Å². The second-order valence-electron chi connectivity index (χ2n) is 3.94. The lowest BCUT2D eigenvalue weighted by atomic mass is 9.74. The summed E-state index contributed by atoms with van der Waals surface area (Å²) in [4.78, 5) is 0. The Hall–Kier alpha value is -0.0800. The van der Waals surface area contributed by atoms with Crippen LogP contribution in [0.25, 0.3) is 0 Å². The Morgan fingerprint density at radius 2 is 2.36 bits per heavy atom. The maximum absolute atomic E-state index is 5.23. The molecule has 0 radical (unpaired) electrons. The summed E-state index contributed by atoms with van der Waals surface area (Å²) in [6, 6.07) is 0. The molecule has 0 aromatic rings. The van der Waals surface area contributed by atoms with Gasteiger partial charge in [-0.3, -0.25) is 0 Å². The number of methoxy groups -OCH3 is 1. The van der Waals surface area contributed by atoms with Gasteiger partial charge in [0.15, 0.2) is 0 Å². The summed E-state index contributed by atoms with van der Waals surface area (Å²) >= 11 is 0. The minimum atomic E-state index is 0.403. The van der Waals surface area contributed by atoms with Crippen molar-refractivity contribution in [1.82, 2.24) is 5.32 Å². The van der Waals surface area contributed by atoms with E-state index in [4.69, 9.17) is 4.74 Å². The van der Waals surface area contributed by atoms with Crippen LogP contribution in [0.5, 0.6) is 0 Å². The number of nitrogens with one attached hydrogen (secondary N) is 1. The first kappa shape index (κ1) is 9.01. The molecule has 2 heteroatoms. The zero-order valence-corrected chi connectivity index (χ0v) is 7.81. The monoisotopic (exact) mass is 157 g/mol. The number of ether oxygens (including phenoxy) is 1. The quantitative estimate of drug-likeness (QED) is 0.651. The fourth-order valence-corrected chi connectivity index (χ4v) is 1.73. The summed E-state index contributed by atoms with van der Waals surface area (Å²) in [6.45, 7) is 7.80. The van der Waals surface area contributed by atoms with Crippen molar-refractivity contribution >= 4 is 0 Å². The van der Waals surface area contributed by atoms with Gasteiger partial charge in [0.2, 0.25) is 0 Å². The molecule has 1 saturated heterocycles. The first-order chi connectivity index (χ1) is 5.19. The van der Waals surface area contributed by atoms with Gasteiger partial charge in [-0.2, -0.15) is 0 Å². The standard InChI is InChI=1S/C9H19NO/c1-8-6-10-5-4-9(8,2)7-11-3/h8,10H,4-7H2,1-3H3. The second kappa shape index (κ2) is 3.55. The Bertz CT molecular complexity index is 123. The van der Waals surface area contributed by atoms with Gasteiger partial charge in [0.1, 0.15) is 0 Å². The molecular formula is C9H19NO. The maximum atomic E-state index is 5.23. The fraction of sp³-hybridized carbons (Fsp3) is 1.00. The van der Waals surface area contributed by atoms with Crippen molar-refractivity contribution in [1.29, 1.82) is 0 Å². The van der Waals surface area contributed by atoms with E-state index >= 15 is 0 Å². The summed E-state index contributed by atoms with van der Waals surface area (Å²) in [5.74, 6) is 0.733. The summed E-state index contributed by atoms with van der Waals surface area (Å²) in [7, 11) is 1.79. The molecule has 0 saturated carbocycles. The Morgan fingerprint density at radius 1 is 1.64 bits per heavy atom. The van der Waals surface area contributed by atoms with Gasteiger partial charge in [-0.1, -0.05) is 13.8 Å². The van der Waals surface area contributed by atoms with Crippen LogP contribution < -0.4 is 5.32 Å². The summed E-state index contributed by atoms with van der Waals surface area (Å²) in [5, 5.41) is 3.39. The van der Waals surface area contributed by atoms with Gasteiger partial charge >= 0.3 is 0 Å². The molecule has 1 N–H and O–H groups in total. The van der Waals surface area contributed by atoms with Crippen molar-refractivity contribution in [3.63, 3.8) is 0 Å². The Labute approximate surface area is 69.3 Å². The molecule has 1 aliphatic rings. The van der Waals surface area contributed by atoms with E-state index in [-0.39, 0.29) is 0 Å². The average molecular weight is 157 g/mol. The molecule has 11 heavy (non-hydrogen) atoms. The van der Waals surface area contributed by atoms with Crippen molar-refractivity contribution < 1.29 is 4.74 Å². The molecule has 1 aliphatic heterocycles. The summed E-state index contributed by atoms with van der Waals surface area (Å²) < 4.78 is 5.23. The molecule has 0 amide bonds. The van der Waals surface area contributed by atoms with E-state index in [0.717, 1.165) is 25.6 Å². The van der Waals surface area contributed by atoms with Gasteiger partial charge < -0.3 is 10.1 Å². The molecule has 0 aliphatic carbocycles. The molecule has 0 spiro atoms. The minimum absolute atomic E-state index is 0.403. The number of hydrogen-bond donors (Lipinski definition) is 1. The van der Waals surface area contributed by atoms with Crippen molar-refractivity contribution in [2.75, 3.05) is 26.8 Å². The van der Waals surface area contributed by atoms with Crippen molar-refractivity contribution in [3.05, 3.63) is 0 Å². The zero-order chi connectivity index (χ0) is 8.32. The highest BCUT2D eigenvalue weighted by atomic mass is 16.5. The largest absolute Gasteiger partial charge is 0.384 e. The number of rotatable bonds is 2. The molecule has 1 rings (SSSR count). The first-order valence-corrected chi connectivity index (χ1v) is 4.39. The molecule has 0 aromatic carbocycles. The molecule has 2 atom stereocenters. The Kier molecular flexibility index (Phi) is 2.90. The highest BCUT2D eigenvalue weighted by Crippen LogP contribution is 2.32. The van der Waals surface area contributed by atoms with Crippen LogP contribution in [-0.4, -0.2) is 26.8 Å². The van der Waals surface area contributed by atoms with Crippen LogP contribution in [0, 0.1) is 11.3 Å². The predicted molar refractivity (Wildman–Crippen MR) is 46.6 cm³/mol. The SMILES string of the molecule is COCC1(C)CCNCC1C. The van der Waals surface area contributed by atoms with E-state index in [1.54, 1.807) is 7.11 Å². The molecule has 0 aromatic heterocycles. The third kappa shape index (κ3) is 1.94. The molecule has 0 bridgehead atoms. The van der Waals surface area contributed by atoms with E-state index in [9.17, 15) is 0 Å². The lowest BCUT2D eigenvalue weighted by Crippen LogP contribution is -2.44. The van der Waals surface area contributed by atoms with E-state index in [0.29, 0.717) is 5.41 Å². The third-order valence-electron chi connectivity index (χ3n) is 2.99. The molecule has 2 nitrogen and oxygen atoms in total. The van der Waals surface area contributed by atoms with E-state index < -0.39 is 0 Å². The Balaban J connectivity index is 2.49. The maximum Gasteiger partial charge on any atom is 0.0519 e. The van der Waals surface area contributed by atoms with Gasteiger partial charge in [0.05, 0.1) is 6.61 Å². The van der Waals surface area contributed by atoms with Gasteiger partial charge in [0, 0.05) is 7.11 Å². The highest BCUT2D eigenvalue weighted by molar-refractivity contribution is 4.85. The lowest BCUT2D eigenvalue weighted by molar-refractivity contribution is 0.0302. The average Bonchev–Trinajstić information content (AvgIpc) is 1.96. The van der Waals surface area contributed by atoms with Crippen LogP contribution in [0.15, 0.2) is 0 Å². The van der Waals surface area contributed by atoms with Crippen molar-refractivity contribution in [2.45, 2.75) is 20.3 Å². The zero-order valence-electron chi connectivity index (χ0n) is 7.81. The summed E-state index contributed by atoms with van der Waals surface area (Å²) in [5.41, 5.74) is 0.403. The highest BCUT2D eigenvalue weighted by Gasteiger charge is 2.33. The predicted octanol–water partition coefficient (Wildman–Crippen LogP) is 1.27. The topological polar surface area (TPSA) is 21.3 Å². The van der Waals surface area contributed by atoms with Gasteiger partial charge in [0.25, 0.3) is 0 Å². The van der Waals surface area contributed by atoms with E-state index in [2.05, 4.69) is 19.2 Å². The molecular weight excluding hydrogens is 138 g/mol. The van der Waals surface area contributed by atoms with Crippen LogP contribution in [0.3, 0.4) is 0 Å². The molecule has 1 heterocycles. The Morgan fingerprint density at radius 3 is 2.91 bits per heavy atom. The fourth-order valence-electron chi connectivity index (χ4n) is 1.73. The normalized spacial score (nSPS) is 39.0. The first-order valence-electron chi connectivity index (χ1n) is 4.39. The van der Waals surface area contributed by atoms with Gasteiger partial charge in [-0.25, -0.2) is 0 Å². The van der Waals surface area contributed by atoms with Crippen LogP contribution in [0.2, 0.25) is 0 Å². The van der Waals surface area contributed by atoms with Crippen LogP contribution >= 0.6 is 0 Å². The number of hydrogen-bond acceptors (Lipinski definition) is 2. The summed E-state index contributed by atoms with van der Waals surface area (Å²) in [6.07, 6.45) is 1.24. The molecule has 2 unspecified atom stereocenters. The minimum Gasteiger partial charge on any atom is -0.384 e. The van der Waals surface area contributed by atoms with Crippen LogP contribution in [-0.2, 0) is 4.74 Å². The van der Waals surface area contributed by atoms with Crippen molar-refractivity contribution in [3.8, 4) is 0 Å². The molecule has 66 valence electrons. The molecule has 1 fully saturated rings. The second-order valence-corrected chi connectivity index (χ2v) is 3.94. The lowest BCUT2D eigenvalue weighted by Gasteiger charge is -2.39. The van der Waals surface area contributed by atoms with Crippen molar-refractivity contribution in [2.24, 2.45) is 11.3 Å². The van der Waals surface area contributed by atoms with E-state index in [1.165, 1.54) is 6.42 Å². The smallest absolute Gasteiger partial charge is 0.0519 e.